The zero-order valence-corrected chi connectivity index (χ0v) is 17.2. The maximum Gasteiger partial charge on any atom is 0.248 e. The van der Waals surface area contributed by atoms with Gasteiger partial charge in [0, 0.05) is 30.1 Å². The van der Waals surface area contributed by atoms with Crippen LogP contribution in [0, 0.1) is 29.3 Å². The van der Waals surface area contributed by atoms with Gasteiger partial charge in [0.05, 0.1) is 6.61 Å². The first-order chi connectivity index (χ1) is 14.8. The Morgan fingerprint density at radius 3 is 2.26 bits per heavy atom. The molecule has 2 heterocycles. The Labute approximate surface area is 179 Å². The van der Waals surface area contributed by atoms with Crippen molar-refractivity contribution in [2.24, 2.45) is 17.6 Å². The van der Waals surface area contributed by atoms with Crippen molar-refractivity contribution in [3.8, 4) is 0 Å². The molecule has 31 heavy (non-hydrogen) atoms. The van der Waals surface area contributed by atoms with Crippen LogP contribution in [0.2, 0.25) is 0 Å². The monoisotopic (exact) mass is 439 g/mol. The largest absolute Gasteiger partial charge is 0.394 e. The van der Waals surface area contributed by atoms with Gasteiger partial charge in [0.1, 0.15) is 11.9 Å². The van der Waals surface area contributed by atoms with Crippen LogP contribution in [0.15, 0.2) is 12.1 Å². The van der Waals surface area contributed by atoms with Gasteiger partial charge in [-0.05, 0) is 62.5 Å². The molecule has 1 aromatic rings. The lowest BCUT2D eigenvalue weighted by Crippen LogP contribution is -2.57. The molecule has 2 saturated heterocycles. The number of hydrogen-bond acceptors (Lipinski definition) is 4. The number of nitrogens with two attached hydrogens (primary N) is 1. The lowest BCUT2D eigenvalue weighted by Gasteiger charge is -2.42. The molecule has 2 aliphatic heterocycles. The zero-order chi connectivity index (χ0) is 22.3. The molecule has 2 amide bonds. The average Bonchev–Trinajstić information content (AvgIpc) is 3.55. The van der Waals surface area contributed by atoms with Crippen LogP contribution in [0.1, 0.15) is 44.1 Å². The summed E-state index contributed by atoms with van der Waals surface area (Å²) in [5.41, 5.74) is 6.36. The van der Waals surface area contributed by atoms with Crippen molar-refractivity contribution in [2.45, 2.75) is 69.1 Å². The summed E-state index contributed by atoms with van der Waals surface area (Å²) in [7, 11) is 0. The van der Waals surface area contributed by atoms with Gasteiger partial charge in [0.2, 0.25) is 11.8 Å². The molecule has 170 valence electrons. The van der Waals surface area contributed by atoms with Crippen molar-refractivity contribution in [1.82, 2.24) is 10.2 Å². The molecule has 2 bridgehead atoms. The Balaban J connectivity index is 1.39. The molecule has 9 heteroatoms. The number of benzene rings is 1. The Bertz CT molecular complexity index is 850. The average molecular weight is 439 g/mol. The van der Waals surface area contributed by atoms with Crippen LogP contribution in [-0.2, 0) is 16.0 Å². The van der Waals surface area contributed by atoms with Crippen LogP contribution in [0.4, 0.5) is 13.2 Å². The van der Waals surface area contributed by atoms with Crippen LogP contribution >= 0.6 is 0 Å². The summed E-state index contributed by atoms with van der Waals surface area (Å²) in [6, 6.07) is -0.145. The quantitative estimate of drug-likeness (QED) is 0.563. The van der Waals surface area contributed by atoms with Gasteiger partial charge in [-0.2, -0.15) is 0 Å². The van der Waals surface area contributed by atoms with E-state index >= 15 is 0 Å². The summed E-state index contributed by atoms with van der Waals surface area (Å²) >= 11 is 0. The Hall–Kier alpha value is -2.13. The van der Waals surface area contributed by atoms with Gasteiger partial charge in [0.25, 0.3) is 0 Å². The summed E-state index contributed by atoms with van der Waals surface area (Å²) in [6.45, 7) is -0.453. The fourth-order valence-corrected chi connectivity index (χ4v) is 5.07. The van der Waals surface area contributed by atoms with E-state index in [1.165, 1.54) is 0 Å². The van der Waals surface area contributed by atoms with Crippen LogP contribution in [0.25, 0.3) is 0 Å². The minimum Gasteiger partial charge on any atom is -0.394 e. The van der Waals surface area contributed by atoms with E-state index in [0.29, 0.717) is 18.9 Å². The number of carbonyl (C=O) groups excluding carboxylic acids is 2. The van der Waals surface area contributed by atoms with Crippen LogP contribution in [0.3, 0.4) is 0 Å². The molecule has 4 N–H and O–H groups in total. The molecular formula is C22H28F3N3O3. The lowest BCUT2D eigenvalue weighted by atomic mass is 9.82. The molecular weight excluding hydrogens is 411 g/mol. The third-order valence-electron chi connectivity index (χ3n) is 6.92. The van der Waals surface area contributed by atoms with Gasteiger partial charge in [-0.1, -0.05) is 0 Å². The lowest BCUT2D eigenvalue weighted by molar-refractivity contribution is -0.142. The van der Waals surface area contributed by atoms with Crippen molar-refractivity contribution in [3.05, 3.63) is 35.1 Å². The molecule has 5 atom stereocenters. The van der Waals surface area contributed by atoms with Gasteiger partial charge in [-0.3, -0.25) is 9.59 Å². The number of nitrogens with zero attached hydrogens (tertiary/aromatic N) is 1. The van der Waals surface area contributed by atoms with Crippen molar-refractivity contribution >= 4 is 11.8 Å². The second kappa shape index (κ2) is 8.78. The van der Waals surface area contributed by atoms with E-state index in [9.17, 15) is 27.9 Å². The third-order valence-corrected chi connectivity index (χ3v) is 6.92. The number of aliphatic hydroxyl groups excluding tert-OH is 1. The first-order valence-corrected chi connectivity index (χ1v) is 10.9. The number of nitrogens with one attached hydrogen (secondary N) is 1. The number of halogens is 3. The third kappa shape index (κ3) is 4.57. The number of rotatable bonds is 7. The Kier molecular flexibility index (Phi) is 6.25. The van der Waals surface area contributed by atoms with Gasteiger partial charge < -0.3 is 21.1 Å². The Morgan fingerprint density at radius 2 is 1.68 bits per heavy atom. The number of aliphatic hydroxyl groups is 1. The van der Waals surface area contributed by atoms with E-state index in [1.54, 1.807) is 4.90 Å². The van der Waals surface area contributed by atoms with Crippen LogP contribution < -0.4 is 11.1 Å². The summed E-state index contributed by atoms with van der Waals surface area (Å²) in [5, 5.41) is 12.3. The molecule has 1 aromatic carbocycles. The van der Waals surface area contributed by atoms with E-state index in [-0.39, 0.29) is 47.7 Å². The standard InChI is InChI=1S/C22H28F3N3O3/c23-16-9-18(25)17(24)7-12(16)8-19(26)13-5-14-3-4-15(6-13)28(14)22(31)20(10-29)27-21(30)11-1-2-11/h7,9,11,13-15,19-20,29H,1-6,8,10,26H2,(H,27,30)/t13?,14-,15?,19+,20?/m0/s1. The molecule has 0 radical (unpaired) electrons. The highest BCUT2D eigenvalue weighted by atomic mass is 19.2. The van der Waals surface area contributed by atoms with E-state index in [2.05, 4.69) is 5.32 Å². The predicted octanol–water partition coefficient (Wildman–Crippen LogP) is 1.63. The molecule has 0 aromatic heterocycles. The van der Waals surface area contributed by atoms with E-state index in [0.717, 1.165) is 31.7 Å². The maximum atomic E-state index is 14.0. The second-order valence-electron chi connectivity index (χ2n) is 9.11. The number of amides is 2. The molecule has 3 fully saturated rings. The maximum absolute atomic E-state index is 14.0. The number of carbonyl (C=O) groups is 2. The van der Waals surface area contributed by atoms with Crippen molar-refractivity contribution in [1.29, 1.82) is 0 Å². The minimum absolute atomic E-state index is 0.00250. The fraction of sp³-hybridized carbons (Fsp3) is 0.636. The second-order valence-corrected chi connectivity index (χ2v) is 9.11. The molecule has 1 aliphatic carbocycles. The molecule has 3 aliphatic rings. The SMILES string of the molecule is N[C@H](Cc1cc(F)c(F)cc1F)C1CC2CC[C@@H](C1)N2C(=O)C(CO)NC(=O)C1CC1. The molecule has 1 saturated carbocycles. The summed E-state index contributed by atoms with van der Waals surface area (Å²) in [5.74, 6) is -3.67. The smallest absolute Gasteiger partial charge is 0.248 e. The Morgan fingerprint density at radius 1 is 1.06 bits per heavy atom. The van der Waals surface area contributed by atoms with Crippen molar-refractivity contribution < 1.29 is 27.9 Å². The highest BCUT2D eigenvalue weighted by Crippen LogP contribution is 2.40. The molecule has 6 nitrogen and oxygen atoms in total. The summed E-state index contributed by atoms with van der Waals surface area (Å²) in [4.78, 5) is 26.9. The van der Waals surface area contributed by atoms with Gasteiger partial charge in [0.15, 0.2) is 11.6 Å². The van der Waals surface area contributed by atoms with E-state index in [1.807, 2.05) is 0 Å². The highest BCUT2D eigenvalue weighted by Gasteiger charge is 2.46. The summed E-state index contributed by atoms with van der Waals surface area (Å²) in [6.07, 6.45) is 4.53. The van der Waals surface area contributed by atoms with E-state index in [4.69, 9.17) is 5.73 Å². The van der Waals surface area contributed by atoms with Crippen molar-refractivity contribution in [3.63, 3.8) is 0 Å². The number of piperidine rings is 1. The van der Waals surface area contributed by atoms with Gasteiger partial charge in [-0.15, -0.1) is 0 Å². The molecule has 4 rings (SSSR count). The first kappa shape index (κ1) is 22.1. The minimum atomic E-state index is -1.23. The fourth-order valence-electron chi connectivity index (χ4n) is 5.07. The summed E-state index contributed by atoms with van der Waals surface area (Å²) < 4.78 is 40.7. The van der Waals surface area contributed by atoms with E-state index < -0.39 is 36.1 Å². The highest BCUT2D eigenvalue weighted by molar-refractivity contribution is 5.90. The normalized spacial score (nSPS) is 27.1. The topological polar surface area (TPSA) is 95.7 Å². The van der Waals surface area contributed by atoms with Gasteiger partial charge in [-0.25, -0.2) is 13.2 Å². The number of hydrogen-bond donors (Lipinski definition) is 3. The molecule has 3 unspecified atom stereocenters. The zero-order valence-electron chi connectivity index (χ0n) is 17.2. The first-order valence-electron chi connectivity index (χ1n) is 10.9. The van der Waals surface area contributed by atoms with Crippen LogP contribution in [-0.4, -0.2) is 52.6 Å². The van der Waals surface area contributed by atoms with Crippen molar-refractivity contribution in [2.75, 3.05) is 6.61 Å². The molecule has 0 spiro atoms. The van der Waals surface area contributed by atoms with Crippen LogP contribution in [0.5, 0.6) is 0 Å². The predicted molar refractivity (Wildman–Crippen MR) is 106 cm³/mol. The van der Waals surface area contributed by atoms with Gasteiger partial charge >= 0.3 is 0 Å². The number of fused-ring (bicyclic) bond motifs is 2.